The molecule has 33 heavy (non-hydrogen) atoms. The Balaban J connectivity index is 1.81. The Morgan fingerprint density at radius 3 is 2.33 bits per heavy atom. The van der Waals surface area contributed by atoms with Gasteiger partial charge in [0.05, 0.1) is 12.6 Å². The van der Waals surface area contributed by atoms with E-state index in [4.69, 9.17) is 9.47 Å². The van der Waals surface area contributed by atoms with Crippen LogP contribution in [0.25, 0.3) is 6.08 Å². The van der Waals surface area contributed by atoms with Crippen molar-refractivity contribution in [2.45, 2.75) is 26.5 Å². The normalized spacial score (nSPS) is 11.9. The van der Waals surface area contributed by atoms with Crippen molar-refractivity contribution >= 4 is 27.9 Å². The van der Waals surface area contributed by atoms with Gasteiger partial charge in [0.1, 0.15) is 18.2 Å². The van der Waals surface area contributed by atoms with Gasteiger partial charge in [0.15, 0.2) is 11.5 Å². The summed E-state index contributed by atoms with van der Waals surface area (Å²) in [5.41, 5.74) is 2.64. The molecule has 0 heterocycles. The van der Waals surface area contributed by atoms with Crippen molar-refractivity contribution < 1.29 is 14.3 Å². The van der Waals surface area contributed by atoms with Crippen molar-refractivity contribution in [3.63, 3.8) is 0 Å². The number of amides is 1. The van der Waals surface area contributed by atoms with Gasteiger partial charge in [-0.15, -0.1) is 0 Å². The molecule has 6 heteroatoms. The van der Waals surface area contributed by atoms with Crippen LogP contribution >= 0.6 is 15.9 Å². The first-order valence-corrected chi connectivity index (χ1v) is 11.4. The van der Waals surface area contributed by atoms with Crippen LogP contribution in [0, 0.1) is 11.3 Å². The maximum Gasteiger partial charge on any atom is 0.262 e. The summed E-state index contributed by atoms with van der Waals surface area (Å²) < 4.78 is 12.4. The molecule has 3 aromatic rings. The molecule has 0 bridgehead atoms. The zero-order valence-electron chi connectivity index (χ0n) is 18.5. The van der Waals surface area contributed by atoms with E-state index < -0.39 is 5.91 Å². The van der Waals surface area contributed by atoms with E-state index in [1.165, 1.54) is 0 Å². The Morgan fingerprint density at radius 1 is 1.06 bits per heavy atom. The van der Waals surface area contributed by atoms with Gasteiger partial charge in [-0.1, -0.05) is 76.6 Å². The summed E-state index contributed by atoms with van der Waals surface area (Å²) in [5.74, 6) is 0.673. The van der Waals surface area contributed by atoms with Crippen LogP contribution in [-0.4, -0.2) is 12.5 Å². The fourth-order valence-corrected chi connectivity index (χ4v) is 3.62. The average molecular weight is 505 g/mol. The molecule has 0 spiro atoms. The van der Waals surface area contributed by atoms with Gasteiger partial charge in [-0.05, 0) is 48.7 Å². The van der Waals surface area contributed by atoms with Gasteiger partial charge in [0.2, 0.25) is 0 Å². The highest BCUT2D eigenvalue weighted by Gasteiger charge is 2.16. The predicted octanol–water partition coefficient (Wildman–Crippen LogP) is 6.21. The lowest BCUT2D eigenvalue weighted by molar-refractivity contribution is -0.117. The van der Waals surface area contributed by atoms with E-state index in [-0.39, 0.29) is 11.6 Å². The lowest BCUT2D eigenvalue weighted by atomic mass is 10.1. The molecule has 0 aliphatic heterocycles. The first kappa shape index (κ1) is 24.1. The summed E-state index contributed by atoms with van der Waals surface area (Å²) in [6.07, 6.45) is 1.54. The monoisotopic (exact) mass is 504 g/mol. The second-order valence-electron chi connectivity index (χ2n) is 7.30. The van der Waals surface area contributed by atoms with Crippen LogP contribution in [0.3, 0.4) is 0 Å². The van der Waals surface area contributed by atoms with Gasteiger partial charge in [-0.3, -0.25) is 4.79 Å². The zero-order chi connectivity index (χ0) is 23.6. The molecule has 3 aromatic carbocycles. The second kappa shape index (κ2) is 11.9. The van der Waals surface area contributed by atoms with Crippen molar-refractivity contribution in [1.29, 1.82) is 5.26 Å². The van der Waals surface area contributed by atoms with Crippen LogP contribution in [-0.2, 0) is 11.4 Å². The lowest BCUT2D eigenvalue weighted by Gasteiger charge is -2.15. The molecule has 0 saturated carbocycles. The summed E-state index contributed by atoms with van der Waals surface area (Å²) in [6, 6.07) is 24.8. The molecule has 0 fully saturated rings. The van der Waals surface area contributed by atoms with Crippen LogP contribution in [0.4, 0.5) is 0 Å². The first-order chi connectivity index (χ1) is 16.0. The summed E-state index contributed by atoms with van der Waals surface area (Å²) >= 11 is 3.53. The van der Waals surface area contributed by atoms with E-state index in [2.05, 4.69) is 21.2 Å². The molecule has 0 unspecified atom stereocenters. The van der Waals surface area contributed by atoms with E-state index in [1.807, 2.05) is 80.6 Å². The molecule has 0 aliphatic rings. The predicted molar refractivity (Wildman–Crippen MR) is 133 cm³/mol. The number of benzene rings is 3. The van der Waals surface area contributed by atoms with Crippen LogP contribution in [0.2, 0.25) is 0 Å². The van der Waals surface area contributed by atoms with Gasteiger partial charge in [-0.25, -0.2) is 0 Å². The Bertz CT molecular complexity index is 1160. The van der Waals surface area contributed by atoms with Crippen LogP contribution < -0.4 is 14.8 Å². The number of carbonyl (C=O) groups excluding carboxylic acids is 1. The minimum Gasteiger partial charge on any atom is -0.490 e. The van der Waals surface area contributed by atoms with Gasteiger partial charge < -0.3 is 14.8 Å². The molecule has 3 rings (SSSR count). The Kier molecular flexibility index (Phi) is 8.68. The molecule has 0 saturated heterocycles. The molecule has 0 aromatic heterocycles. The number of halogens is 1. The van der Waals surface area contributed by atoms with Crippen LogP contribution in [0.1, 0.15) is 36.6 Å². The first-order valence-electron chi connectivity index (χ1n) is 10.6. The standard InChI is InChI=1S/C27H25BrN2O3/c1-3-32-25-15-22(24(28)16-26(25)33-18-20-10-6-4-7-11-20)14-23(17-29)27(31)30-19(2)21-12-8-5-9-13-21/h4-16,19H,3,18H2,1-2H3,(H,30,31)/b23-14-/t19-/m1/s1. The Labute approximate surface area is 202 Å². The smallest absolute Gasteiger partial charge is 0.262 e. The molecular weight excluding hydrogens is 480 g/mol. The third-order valence-electron chi connectivity index (χ3n) is 4.91. The Morgan fingerprint density at radius 2 is 1.70 bits per heavy atom. The molecule has 1 atom stereocenters. The summed E-state index contributed by atoms with van der Waals surface area (Å²) in [5, 5.41) is 12.5. The maximum atomic E-state index is 12.7. The molecule has 0 aliphatic carbocycles. The zero-order valence-corrected chi connectivity index (χ0v) is 20.1. The molecule has 168 valence electrons. The number of hydrogen-bond donors (Lipinski definition) is 1. The van der Waals surface area contributed by atoms with Crippen LogP contribution in [0.15, 0.2) is 82.8 Å². The molecule has 5 nitrogen and oxygen atoms in total. The van der Waals surface area contributed by atoms with Crippen molar-refractivity contribution in [3.8, 4) is 17.6 Å². The van der Waals surface area contributed by atoms with Crippen molar-refractivity contribution in [3.05, 3.63) is 99.5 Å². The highest BCUT2D eigenvalue weighted by atomic mass is 79.9. The summed E-state index contributed by atoms with van der Waals surface area (Å²) in [6.45, 7) is 4.61. The van der Waals surface area contributed by atoms with Crippen LogP contribution in [0.5, 0.6) is 11.5 Å². The van der Waals surface area contributed by atoms with Gasteiger partial charge in [0.25, 0.3) is 5.91 Å². The van der Waals surface area contributed by atoms with E-state index >= 15 is 0 Å². The van der Waals surface area contributed by atoms with E-state index in [9.17, 15) is 10.1 Å². The number of hydrogen-bond acceptors (Lipinski definition) is 4. The summed E-state index contributed by atoms with van der Waals surface area (Å²) in [4.78, 5) is 12.7. The molecule has 0 radical (unpaired) electrons. The quantitative estimate of drug-likeness (QED) is 0.277. The van der Waals surface area contributed by atoms with Crippen molar-refractivity contribution in [1.82, 2.24) is 5.32 Å². The fourth-order valence-electron chi connectivity index (χ4n) is 3.18. The van der Waals surface area contributed by atoms with Crippen molar-refractivity contribution in [2.24, 2.45) is 0 Å². The third-order valence-corrected chi connectivity index (χ3v) is 5.60. The minimum atomic E-state index is -0.442. The number of carbonyl (C=O) groups is 1. The molecule has 1 amide bonds. The van der Waals surface area contributed by atoms with Gasteiger partial charge in [-0.2, -0.15) is 5.26 Å². The SMILES string of the molecule is CCOc1cc(/C=C(/C#N)C(=O)N[C@H](C)c2ccccc2)c(Br)cc1OCc1ccccc1. The number of nitrogens with zero attached hydrogens (tertiary/aromatic N) is 1. The largest absolute Gasteiger partial charge is 0.490 e. The number of nitriles is 1. The second-order valence-corrected chi connectivity index (χ2v) is 8.16. The van der Waals surface area contributed by atoms with E-state index in [1.54, 1.807) is 18.2 Å². The third kappa shape index (κ3) is 6.71. The van der Waals surface area contributed by atoms with E-state index in [0.29, 0.717) is 34.7 Å². The van der Waals surface area contributed by atoms with Gasteiger partial charge in [0, 0.05) is 4.47 Å². The highest BCUT2D eigenvalue weighted by molar-refractivity contribution is 9.10. The van der Waals surface area contributed by atoms with Crippen molar-refractivity contribution in [2.75, 3.05) is 6.61 Å². The fraction of sp³-hybridized carbons (Fsp3) is 0.185. The average Bonchev–Trinajstić information content (AvgIpc) is 2.84. The Hall–Kier alpha value is -3.56. The van der Waals surface area contributed by atoms with E-state index in [0.717, 1.165) is 11.1 Å². The lowest BCUT2D eigenvalue weighted by Crippen LogP contribution is -2.27. The van der Waals surface area contributed by atoms with Gasteiger partial charge >= 0.3 is 0 Å². The minimum absolute atomic E-state index is 0.00103. The molecular formula is C27H25BrN2O3. The number of ether oxygens (including phenoxy) is 2. The topological polar surface area (TPSA) is 71.3 Å². The number of rotatable bonds is 9. The molecule has 1 N–H and O–H groups in total. The maximum absolute atomic E-state index is 12.7. The summed E-state index contributed by atoms with van der Waals surface area (Å²) in [7, 11) is 0. The number of nitrogens with one attached hydrogen (secondary N) is 1. The highest BCUT2D eigenvalue weighted by Crippen LogP contribution is 2.35.